The summed E-state index contributed by atoms with van der Waals surface area (Å²) in [5, 5.41) is 0. The SMILES string of the molecule is Cc1cccc(/C=C/CC2CCCCC2=O)c1. The van der Waals surface area contributed by atoms with Crippen molar-refractivity contribution in [1.82, 2.24) is 0 Å². The minimum atomic E-state index is 0.282. The molecule has 0 radical (unpaired) electrons. The van der Waals surface area contributed by atoms with Gasteiger partial charge < -0.3 is 0 Å². The third-order valence-electron chi connectivity index (χ3n) is 3.45. The second-order valence-corrected chi connectivity index (χ2v) is 4.96. The quantitative estimate of drug-likeness (QED) is 0.759. The second-order valence-electron chi connectivity index (χ2n) is 4.96. The lowest BCUT2D eigenvalue weighted by Crippen LogP contribution is -2.17. The van der Waals surface area contributed by atoms with Crippen LogP contribution in [0, 0.1) is 12.8 Å². The van der Waals surface area contributed by atoms with Crippen LogP contribution in [0.3, 0.4) is 0 Å². The van der Waals surface area contributed by atoms with Crippen LogP contribution < -0.4 is 0 Å². The molecule has 2 rings (SSSR count). The summed E-state index contributed by atoms with van der Waals surface area (Å²) in [7, 11) is 0. The maximum Gasteiger partial charge on any atom is 0.136 e. The number of carbonyl (C=O) groups is 1. The zero-order chi connectivity index (χ0) is 12.1. The van der Waals surface area contributed by atoms with Crippen molar-refractivity contribution in [1.29, 1.82) is 0 Å². The molecular formula is C16H20O. The molecule has 1 aromatic rings. The van der Waals surface area contributed by atoms with Crippen LogP contribution in [0.2, 0.25) is 0 Å². The molecule has 90 valence electrons. The zero-order valence-electron chi connectivity index (χ0n) is 10.5. The van der Waals surface area contributed by atoms with Crippen LogP contribution in [-0.4, -0.2) is 5.78 Å². The number of aryl methyl sites for hydroxylation is 1. The van der Waals surface area contributed by atoms with Crippen molar-refractivity contribution < 1.29 is 4.79 Å². The van der Waals surface area contributed by atoms with Gasteiger partial charge in [0.05, 0.1) is 0 Å². The van der Waals surface area contributed by atoms with Gasteiger partial charge in [-0.05, 0) is 31.7 Å². The van der Waals surface area contributed by atoms with E-state index >= 15 is 0 Å². The van der Waals surface area contributed by atoms with Gasteiger partial charge in [0.15, 0.2) is 0 Å². The molecule has 1 aliphatic rings. The van der Waals surface area contributed by atoms with Gasteiger partial charge in [0.2, 0.25) is 0 Å². The fourth-order valence-corrected chi connectivity index (χ4v) is 2.45. The first-order valence-corrected chi connectivity index (χ1v) is 6.51. The lowest BCUT2D eigenvalue weighted by molar-refractivity contribution is -0.124. The number of ketones is 1. The van der Waals surface area contributed by atoms with E-state index in [-0.39, 0.29) is 5.92 Å². The van der Waals surface area contributed by atoms with Gasteiger partial charge in [-0.25, -0.2) is 0 Å². The molecule has 0 amide bonds. The van der Waals surface area contributed by atoms with E-state index in [0.717, 1.165) is 25.7 Å². The molecule has 0 bridgehead atoms. The third kappa shape index (κ3) is 3.55. The monoisotopic (exact) mass is 228 g/mol. The van der Waals surface area contributed by atoms with Gasteiger partial charge in [0, 0.05) is 12.3 Å². The van der Waals surface area contributed by atoms with Crippen LogP contribution in [-0.2, 0) is 4.79 Å². The Morgan fingerprint density at radius 2 is 2.24 bits per heavy atom. The first kappa shape index (κ1) is 12.1. The Hall–Kier alpha value is -1.37. The van der Waals surface area contributed by atoms with Crippen molar-refractivity contribution in [2.24, 2.45) is 5.92 Å². The van der Waals surface area contributed by atoms with Gasteiger partial charge in [-0.15, -0.1) is 0 Å². The Kier molecular flexibility index (Phi) is 4.13. The number of allylic oxidation sites excluding steroid dienone is 1. The van der Waals surface area contributed by atoms with E-state index in [1.807, 2.05) is 0 Å². The number of hydrogen-bond donors (Lipinski definition) is 0. The molecule has 0 N–H and O–H groups in total. The zero-order valence-corrected chi connectivity index (χ0v) is 10.5. The maximum absolute atomic E-state index is 11.7. The van der Waals surface area contributed by atoms with Crippen LogP contribution in [0.25, 0.3) is 6.08 Å². The molecule has 0 aliphatic heterocycles. The van der Waals surface area contributed by atoms with E-state index in [1.54, 1.807) is 0 Å². The summed E-state index contributed by atoms with van der Waals surface area (Å²) in [6.07, 6.45) is 9.38. The van der Waals surface area contributed by atoms with E-state index in [9.17, 15) is 4.79 Å². The molecule has 0 saturated heterocycles. The highest BCUT2D eigenvalue weighted by atomic mass is 16.1. The van der Waals surface area contributed by atoms with Gasteiger partial charge in [0.1, 0.15) is 5.78 Å². The fourth-order valence-electron chi connectivity index (χ4n) is 2.45. The maximum atomic E-state index is 11.7. The average Bonchev–Trinajstić information content (AvgIpc) is 2.32. The summed E-state index contributed by atoms with van der Waals surface area (Å²) in [5.74, 6) is 0.745. The van der Waals surface area contributed by atoms with Crippen LogP contribution in [0.15, 0.2) is 30.3 Å². The molecule has 1 nitrogen and oxygen atoms in total. The molecule has 1 saturated carbocycles. The van der Waals surface area contributed by atoms with Crippen molar-refractivity contribution in [2.75, 3.05) is 0 Å². The smallest absolute Gasteiger partial charge is 0.136 e. The van der Waals surface area contributed by atoms with Crippen molar-refractivity contribution in [3.63, 3.8) is 0 Å². The number of hydrogen-bond acceptors (Lipinski definition) is 1. The molecule has 1 heteroatoms. The minimum absolute atomic E-state index is 0.282. The average molecular weight is 228 g/mol. The predicted octanol–water partition coefficient (Wildman–Crippen LogP) is 4.16. The van der Waals surface area contributed by atoms with Crippen molar-refractivity contribution in [3.05, 3.63) is 41.5 Å². The second kappa shape index (κ2) is 5.81. The van der Waals surface area contributed by atoms with Crippen molar-refractivity contribution in [2.45, 2.75) is 39.0 Å². The lowest BCUT2D eigenvalue weighted by atomic mass is 9.85. The summed E-state index contributed by atoms with van der Waals surface area (Å²) in [6.45, 7) is 2.10. The van der Waals surface area contributed by atoms with Crippen LogP contribution in [0.5, 0.6) is 0 Å². The van der Waals surface area contributed by atoms with Crippen molar-refractivity contribution >= 4 is 11.9 Å². The van der Waals surface area contributed by atoms with Gasteiger partial charge in [-0.1, -0.05) is 48.4 Å². The van der Waals surface area contributed by atoms with Crippen LogP contribution in [0.1, 0.15) is 43.2 Å². The van der Waals surface area contributed by atoms with E-state index < -0.39 is 0 Å². The highest BCUT2D eigenvalue weighted by Gasteiger charge is 2.20. The highest BCUT2D eigenvalue weighted by molar-refractivity contribution is 5.81. The molecule has 0 spiro atoms. The largest absolute Gasteiger partial charge is 0.299 e. The number of benzene rings is 1. The summed E-state index contributed by atoms with van der Waals surface area (Å²) < 4.78 is 0. The number of Topliss-reactive ketones (excluding diaryl/α,β-unsaturated/α-hetero) is 1. The Morgan fingerprint density at radius 3 is 3.00 bits per heavy atom. The van der Waals surface area contributed by atoms with Crippen LogP contribution in [0.4, 0.5) is 0 Å². The molecular weight excluding hydrogens is 208 g/mol. The third-order valence-corrected chi connectivity index (χ3v) is 3.45. The Labute approximate surface area is 104 Å². The number of rotatable bonds is 3. The molecule has 17 heavy (non-hydrogen) atoms. The predicted molar refractivity (Wildman–Crippen MR) is 71.8 cm³/mol. The molecule has 1 fully saturated rings. The van der Waals surface area contributed by atoms with E-state index in [0.29, 0.717) is 5.78 Å². The summed E-state index contributed by atoms with van der Waals surface area (Å²) in [6, 6.07) is 8.44. The molecule has 1 unspecified atom stereocenters. The van der Waals surface area contributed by atoms with Gasteiger partial charge in [-0.2, -0.15) is 0 Å². The molecule has 0 aromatic heterocycles. The standard InChI is InChI=1S/C16H20O/c1-13-6-4-7-14(12-13)8-5-10-15-9-2-3-11-16(15)17/h4-8,12,15H,2-3,9-11H2,1H3/b8-5+. The first-order valence-electron chi connectivity index (χ1n) is 6.51. The normalized spacial score (nSPS) is 21.0. The highest BCUT2D eigenvalue weighted by Crippen LogP contribution is 2.24. The molecule has 0 heterocycles. The van der Waals surface area contributed by atoms with E-state index in [4.69, 9.17) is 0 Å². The number of carbonyl (C=O) groups excluding carboxylic acids is 1. The van der Waals surface area contributed by atoms with E-state index in [1.165, 1.54) is 17.5 Å². The minimum Gasteiger partial charge on any atom is -0.299 e. The first-order chi connectivity index (χ1) is 8.25. The topological polar surface area (TPSA) is 17.1 Å². The molecule has 1 aromatic carbocycles. The Balaban J connectivity index is 1.91. The molecule has 1 aliphatic carbocycles. The van der Waals surface area contributed by atoms with Gasteiger partial charge in [0.25, 0.3) is 0 Å². The summed E-state index contributed by atoms with van der Waals surface area (Å²) in [4.78, 5) is 11.7. The Morgan fingerprint density at radius 1 is 1.35 bits per heavy atom. The van der Waals surface area contributed by atoms with E-state index in [2.05, 4.69) is 43.3 Å². The lowest BCUT2D eigenvalue weighted by Gasteiger charge is -2.18. The van der Waals surface area contributed by atoms with Crippen LogP contribution >= 0.6 is 0 Å². The molecule has 1 atom stereocenters. The summed E-state index contributed by atoms with van der Waals surface area (Å²) >= 11 is 0. The van der Waals surface area contributed by atoms with Gasteiger partial charge >= 0.3 is 0 Å². The summed E-state index contributed by atoms with van der Waals surface area (Å²) in [5.41, 5.74) is 2.51. The Bertz CT molecular complexity index is 417. The van der Waals surface area contributed by atoms with Gasteiger partial charge in [-0.3, -0.25) is 4.79 Å². The fraction of sp³-hybridized carbons (Fsp3) is 0.438. The van der Waals surface area contributed by atoms with Crippen molar-refractivity contribution in [3.8, 4) is 0 Å².